The molecule has 134 valence electrons. The average molecular weight is 317 g/mol. The van der Waals surface area contributed by atoms with Gasteiger partial charge >= 0.3 is 0 Å². The maximum Gasteiger partial charge on any atom is 0.101 e. The van der Waals surface area contributed by atoms with Gasteiger partial charge in [-0.2, -0.15) is 0 Å². The summed E-state index contributed by atoms with van der Waals surface area (Å²) in [6, 6.07) is 0. The van der Waals surface area contributed by atoms with Crippen molar-refractivity contribution in [3.8, 4) is 0 Å². The van der Waals surface area contributed by atoms with Gasteiger partial charge in [0, 0.05) is 13.2 Å². The number of ether oxygens (including phenoxy) is 2. The monoisotopic (exact) mass is 316 g/mol. The molecule has 2 atom stereocenters. The standard InChI is InChI=1S/C19H40O3/c1-5-9-11-17(7-3)13-21-15-19(20)16-22-14-18(8-4)12-10-6-2/h17-20H,5-16H2,1-4H3. The molecule has 0 bridgehead atoms. The largest absolute Gasteiger partial charge is 0.388 e. The smallest absolute Gasteiger partial charge is 0.101 e. The number of aliphatic hydroxyl groups is 1. The number of aliphatic hydroxyl groups excluding tert-OH is 1. The Morgan fingerprint density at radius 3 is 1.41 bits per heavy atom. The molecule has 0 aromatic heterocycles. The van der Waals surface area contributed by atoms with Crippen molar-refractivity contribution in [3.05, 3.63) is 0 Å². The molecule has 0 rings (SSSR count). The fraction of sp³-hybridized carbons (Fsp3) is 1.00. The highest BCUT2D eigenvalue weighted by molar-refractivity contribution is 4.60. The zero-order valence-electron chi connectivity index (χ0n) is 15.5. The topological polar surface area (TPSA) is 38.7 Å². The van der Waals surface area contributed by atoms with Crippen molar-refractivity contribution in [1.82, 2.24) is 0 Å². The molecule has 2 unspecified atom stereocenters. The van der Waals surface area contributed by atoms with Crippen molar-refractivity contribution in [2.24, 2.45) is 11.8 Å². The predicted octanol–water partition coefficient (Wildman–Crippen LogP) is 4.81. The van der Waals surface area contributed by atoms with E-state index >= 15 is 0 Å². The molecule has 3 nitrogen and oxygen atoms in total. The molecule has 0 fully saturated rings. The molecule has 0 saturated carbocycles. The summed E-state index contributed by atoms with van der Waals surface area (Å²) in [7, 11) is 0. The molecule has 1 N–H and O–H groups in total. The molecular formula is C19H40O3. The SMILES string of the molecule is CCCCC(CC)COCC(O)COCC(CC)CCCC. The van der Waals surface area contributed by atoms with E-state index in [0.717, 1.165) is 26.1 Å². The fourth-order valence-corrected chi connectivity index (χ4v) is 2.59. The Labute approximate surface area is 138 Å². The van der Waals surface area contributed by atoms with Gasteiger partial charge in [-0.1, -0.05) is 66.2 Å². The summed E-state index contributed by atoms with van der Waals surface area (Å²) >= 11 is 0. The Hall–Kier alpha value is -0.120. The second kappa shape index (κ2) is 15.8. The van der Waals surface area contributed by atoms with Crippen molar-refractivity contribution >= 4 is 0 Å². The minimum atomic E-state index is -0.493. The van der Waals surface area contributed by atoms with E-state index in [9.17, 15) is 5.11 Å². The van der Waals surface area contributed by atoms with Crippen LogP contribution < -0.4 is 0 Å². The summed E-state index contributed by atoms with van der Waals surface area (Å²) in [4.78, 5) is 0. The summed E-state index contributed by atoms with van der Waals surface area (Å²) in [6.07, 6.45) is 9.29. The van der Waals surface area contributed by atoms with E-state index in [1.54, 1.807) is 0 Å². The summed E-state index contributed by atoms with van der Waals surface area (Å²) in [5.41, 5.74) is 0. The van der Waals surface area contributed by atoms with Crippen LogP contribution in [0, 0.1) is 11.8 Å². The van der Waals surface area contributed by atoms with Gasteiger partial charge in [0.15, 0.2) is 0 Å². The maximum atomic E-state index is 9.92. The first-order valence-electron chi connectivity index (χ1n) is 9.51. The van der Waals surface area contributed by atoms with Gasteiger partial charge in [0.05, 0.1) is 13.2 Å². The molecule has 0 aromatic rings. The first-order chi connectivity index (χ1) is 10.7. The van der Waals surface area contributed by atoms with Crippen LogP contribution in [0.15, 0.2) is 0 Å². The summed E-state index contributed by atoms with van der Waals surface area (Å²) in [5, 5.41) is 9.92. The Morgan fingerprint density at radius 2 is 1.09 bits per heavy atom. The number of unbranched alkanes of at least 4 members (excludes halogenated alkanes) is 2. The third kappa shape index (κ3) is 12.4. The molecule has 0 radical (unpaired) electrons. The van der Waals surface area contributed by atoms with Crippen LogP contribution in [0.1, 0.15) is 79.1 Å². The summed E-state index contributed by atoms with van der Waals surface area (Å²) in [6.45, 7) is 11.2. The minimum absolute atomic E-state index is 0.397. The quantitative estimate of drug-likeness (QED) is 0.444. The van der Waals surface area contributed by atoms with Crippen LogP contribution in [0.4, 0.5) is 0 Å². The molecule has 0 heterocycles. The molecule has 0 aliphatic carbocycles. The third-order valence-corrected chi connectivity index (χ3v) is 4.41. The van der Waals surface area contributed by atoms with Gasteiger partial charge in [-0.15, -0.1) is 0 Å². The maximum absolute atomic E-state index is 9.92. The first kappa shape index (κ1) is 21.9. The predicted molar refractivity (Wildman–Crippen MR) is 94.3 cm³/mol. The minimum Gasteiger partial charge on any atom is -0.388 e. The highest BCUT2D eigenvalue weighted by Crippen LogP contribution is 2.14. The molecule has 0 saturated heterocycles. The van der Waals surface area contributed by atoms with E-state index in [2.05, 4.69) is 27.7 Å². The molecule has 0 aliphatic heterocycles. The third-order valence-electron chi connectivity index (χ3n) is 4.41. The number of hydrogen-bond acceptors (Lipinski definition) is 3. The van der Waals surface area contributed by atoms with Crippen molar-refractivity contribution in [1.29, 1.82) is 0 Å². The zero-order chi connectivity index (χ0) is 16.6. The van der Waals surface area contributed by atoms with Gasteiger partial charge in [0.2, 0.25) is 0 Å². The van der Waals surface area contributed by atoms with Gasteiger partial charge in [-0.3, -0.25) is 0 Å². The van der Waals surface area contributed by atoms with Gasteiger partial charge in [-0.25, -0.2) is 0 Å². The fourth-order valence-electron chi connectivity index (χ4n) is 2.59. The van der Waals surface area contributed by atoms with E-state index in [1.807, 2.05) is 0 Å². The van der Waals surface area contributed by atoms with Gasteiger partial charge in [-0.05, 0) is 24.7 Å². The lowest BCUT2D eigenvalue weighted by molar-refractivity contribution is -0.0341. The number of hydrogen-bond donors (Lipinski definition) is 1. The highest BCUT2D eigenvalue weighted by atomic mass is 16.5. The second-order valence-electron chi connectivity index (χ2n) is 6.56. The van der Waals surface area contributed by atoms with Gasteiger partial charge < -0.3 is 14.6 Å². The van der Waals surface area contributed by atoms with Gasteiger partial charge in [0.25, 0.3) is 0 Å². The second-order valence-corrected chi connectivity index (χ2v) is 6.56. The van der Waals surface area contributed by atoms with E-state index in [-0.39, 0.29) is 0 Å². The van der Waals surface area contributed by atoms with E-state index in [0.29, 0.717) is 25.0 Å². The lowest BCUT2D eigenvalue weighted by Gasteiger charge is -2.18. The molecule has 0 spiro atoms. The van der Waals surface area contributed by atoms with E-state index in [4.69, 9.17) is 9.47 Å². The molecular weight excluding hydrogens is 276 g/mol. The Morgan fingerprint density at radius 1 is 0.682 bits per heavy atom. The number of rotatable bonds is 16. The van der Waals surface area contributed by atoms with Crippen LogP contribution in [-0.4, -0.2) is 37.6 Å². The molecule has 0 amide bonds. The van der Waals surface area contributed by atoms with Crippen molar-refractivity contribution in [2.75, 3.05) is 26.4 Å². The zero-order valence-corrected chi connectivity index (χ0v) is 15.5. The van der Waals surface area contributed by atoms with Crippen LogP contribution in [0.5, 0.6) is 0 Å². The molecule has 0 aliphatic rings. The Bertz CT molecular complexity index is 199. The Balaban J connectivity index is 3.65. The highest BCUT2D eigenvalue weighted by Gasteiger charge is 2.11. The lowest BCUT2D eigenvalue weighted by Crippen LogP contribution is -2.25. The van der Waals surface area contributed by atoms with Gasteiger partial charge in [0.1, 0.15) is 6.10 Å². The van der Waals surface area contributed by atoms with Crippen LogP contribution in [-0.2, 0) is 9.47 Å². The van der Waals surface area contributed by atoms with E-state index < -0.39 is 6.10 Å². The first-order valence-corrected chi connectivity index (χ1v) is 9.51. The van der Waals surface area contributed by atoms with Crippen molar-refractivity contribution < 1.29 is 14.6 Å². The normalized spacial score (nSPS) is 15.7. The van der Waals surface area contributed by atoms with Crippen LogP contribution in [0.2, 0.25) is 0 Å². The Kier molecular flexibility index (Phi) is 15.7. The van der Waals surface area contributed by atoms with Crippen molar-refractivity contribution in [3.63, 3.8) is 0 Å². The van der Waals surface area contributed by atoms with Crippen LogP contribution in [0.3, 0.4) is 0 Å². The van der Waals surface area contributed by atoms with Crippen LogP contribution >= 0.6 is 0 Å². The molecule has 22 heavy (non-hydrogen) atoms. The summed E-state index contributed by atoms with van der Waals surface area (Å²) < 4.78 is 11.3. The van der Waals surface area contributed by atoms with E-state index in [1.165, 1.54) is 38.5 Å². The van der Waals surface area contributed by atoms with Crippen LogP contribution in [0.25, 0.3) is 0 Å². The summed E-state index contributed by atoms with van der Waals surface area (Å²) in [5.74, 6) is 1.26. The molecule has 0 aromatic carbocycles. The molecule has 3 heteroatoms. The van der Waals surface area contributed by atoms with Crippen molar-refractivity contribution in [2.45, 2.75) is 85.2 Å². The average Bonchev–Trinajstić information content (AvgIpc) is 2.53. The lowest BCUT2D eigenvalue weighted by atomic mass is 10.0.